The highest BCUT2D eigenvalue weighted by molar-refractivity contribution is 5.77. The van der Waals surface area contributed by atoms with Crippen LogP contribution in [0.3, 0.4) is 0 Å². The topological polar surface area (TPSA) is 29.1 Å². The van der Waals surface area contributed by atoms with Crippen LogP contribution in [0, 0.1) is 5.82 Å². The molecule has 3 heteroatoms. The molecule has 3 rings (SSSR count). The number of carbonyl (C=O) groups excluding carboxylic acids is 1. The van der Waals surface area contributed by atoms with Gasteiger partial charge in [-0.2, -0.15) is 0 Å². The van der Waals surface area contributed by atoms with Crippen LogP contribution in [0.2, 0.25) is 0 Å². The van der Waals surface area contributed by atoms with Gasteiger partial charge in [-0.3, -0.25) is 4.79 Å². The highest BCUT2D eigenvalue weighted by atomic mass is 19.1. The Bertz CT molecular complexity index is 761. The standard InChI is InChI=1S/C22H20FNO/c23-20-13-11-17(12-14-20)16-24-22(25)15-21(18-7-3-1-4-8-18)19-9-5-2-6-10-19/h1-14,21H,15-16H2,(H,24,25). The van der Waals surface area contributed by atoms with Crippen LogP contribution in [-0.4, -0.2) is 5.91 Å². The van der Waals surface area contributed by atoms with Crippen molar-refractivity contribution in [3.8, 4) is 0 Å². The molecule has 0 heterocycles. The van der Waals surface area contributed by atoms with E-state index in [0.717, 1.165) is 16.7 Å². The minimum atomic E-state index is -0.275. The normalized spacial score (nSPS) is 10.6. The molecule has 3 aromatic rings. The summed E-state index contributed by atoms with van der Waals surface area (Å²) in [6, 6.07) is 26.2. The second-order valence-corrected chi connectivity index (χ2v) is 5.98. The molecular formula is C22H20FNO. The Balaban J connectivity index is 1.69. The third-order valence-electron chi connectivity index (χ3n) is 4.20. The maximum absolute atomic E-state index is 12.9. The first-order valence-corrected chi connectivity index (χ1v) is 8.33. The summed E-state index contributed by atoms with van der Waals surface area (Å²) in [4.78, 5) is 12.5. The number of nitrogens with one attached hydrogen (secondary N) is 1. The number of hydrogen-bond donors (Lipinski definition) is 1. The van der Waals surface area contributed by atoms with Crippen LogP contribution in [0.4, 0.5) is 4.39 Å². The largest absolute Gasteiger partial charge is 0.352 e. The molecule has 0 unspecified atom stereocenters. The molecule has 2 nitrogen and oxygen atoms in total. The number of amides is 1. The van der Waals surface area contributed by atoms with E-state index in [0.29, 0.717) is 13.0 Å². The third kappa shape index (κ3) is 4.77. The van der Waals surface area contributed by atoms with Crippen molar-refractivity contribution in [2.45, 2.75) is 18.9 Å². The lowest BCUT2D eigenvalue weighted by molar-refractivity contribution is -0.121. The smallest absolute Gasteiger partial charge is 0.221 e. The Morgan fingerprint density at radius 3 is 1.84 bits per heavy atom. The molecule has 0 aliphatic rings. The van der Waals surface area contributed by atoms with E-state index < -0.39 is 0 Å². The first kappa shape index (κ1) is 16.9. The summed E-state index contributed by atoms with van der Waals surface area (Å²) in [5.74, 6) is -0.291. The highest BCUT2D eigenvalue weighted by Gasteiger charge is 2.17. The number of carbonyl (C=O) groups is 1. The van der Waals surface area contributed by atoms with Gasteiger partial charge in [0.1, 0.15) is 5.82 Å². The molecule has 0 aromatic heterocycles. The Kier molecular flexibility index (Phi) is 5.57. The molecule has 0 radical (unpaired) electrons. The molecule has 0 saturated carbocycles. The van der Waals surface area contributed by atoms with Gasteiger partial charge in [0.05, 0.1) is 0 Å². The van der Waals surface area contributed by atoms with Gasteiger partial charge in [0.25, 0.3) is 0 Å². The second-order valence-electron chi connectivity index (χ2n) is 5.98. The van der Waals surface area contributed by atoms with Crippen molar-refractivity contribution in [3.05, 3.63) is 107 Å². The Morgan fingerprint density at radius 1 is 0.800 bits per heavy atom. The minimum absolute atomic E-state index is 0.00983. The first-order valence-electron chi connectivity index (χ1n) is 8.33. The number of benzene rings is 3. The first-order chi connectivity index (χ1) is 12.2. The van der Waals surface area contributed by atoms with Gasteiger partial charge >= 0.3 is 0 Å². The molecule has 0 atom stereocenters. The predicted octanol–water partition coefficient (Wildman–Crippen LogP) is 4.66. The van der Waals surface area contributed by atoms with Crippen molar-refractivity contribution in [1.82, 2.24) is 5.32 Å². The van der Waals surface area contributed by atoms with Crippen molar-refractivity contribution < 1.29 is 9.18 Å². The molecule has 3 aromatic carbocycles. The van der Waals surface area contributed by atoms with Crippen LogP contribution < -0.4 is 5.32 Å². The molecular weight excluding hydrogens is 313 g/mol. The molecule has 0 aliphatic carbocycles. The Labute approximate surface area is 147 Å². The average Bonchev–Trinajstić information content (AvgIpc) is 2.67. The molecule has 0 aliphatic heterocycles. The van der Waals surface area contributed by atoms with Gasteiger partial charge in [0, 0.05) is 18.9 Å². The van der Waals surface area contributed by atoms with Crippen LogP contribution in [0.5, 0.6) is 0 Å². The van der Waals surface area contributed by atoms with E-state index in [1.807, 2.05) is 60.7 Å². The lowest BCUT2D eigenvalue weighted by atomic mass is 9.88. The van der Waals surface area contributed by atoms with E-state index >= 15 is 0 Å². The quantitative estimate of drug-likeness (QED) is 0.698. The van der Waals surface area contributed by atoms with Gasteiger partial charge in [-0.15, -0.1) is 0 Å². The van der Waals surface area contributed by atoms with Gasteiger partial charge in [-0.05, 0) is 28.8 Å². The van der Waals surface area contributed by atoms with Crippen LogP contribution in [-0.2, 0) is 11.3 Å². The SMILES string of the molecule is O=C(CC(c1ccccc1)c1ccccc1)NCc1ccc(F)cc1. The van der Waals surface area contributed by atoms with Crippen molar-refractivity contribution in [2.24, 2.45) is 0 Å². The fraction of sp³-hybridized carbons (Fsp3) is 0.136. The summed E-state index contributed by atoms with van der Waals surface area (Å²) in [5.41, 5.74) is 3.11. The van der Waals surface area contributed by atoms with Gasteiger partial charge < -0.3 is 5.32 Å². The van der Waals surface area contributed by atoms with Crippen LogP contribution in [0.25, 0.3) is 0 Å². The second kappa shape index (κ2) is 8.25. The zero-order valence-corrected chi connectivity index (χ0v) is 13.9. The maximum Gasteiger partial charge on any atom is 0.221 e. The van der Waals surface area contributed by atoms with Gasteiger partial charge in [0.2, 0.25) is 5.91 Å². The summed E-state index contributed by atoms with van der Waals surface area (Å²) in [7, 11) is 0. The van der Waals surface area contributed by atoms with Gasteiger partial charge in [0.15, 0.2) is 0 Å². The molecule has 25 heavy (non-hydrogen) atoms. The lowest BCUT2D eigenvalue weighted by Gasteiger charge is -2.18. The maximum atomic E-state index is 12.9. The molecule has 0 spiro atoms. The summed E-state index contributed by atoms with van der Waals surface area (Å²) in [6.07, 6.45) is 0.370. The molecule has 0 saturated heterocycles. The van der Waals surface area contributed by atoms with Gasteiger partial charge in [-0.25, -0.2) is 4.39 Å². The molecule has 1 amide bonds. The zero-order chi connectivity index (χ0) is 17.5. The number of halogens is 1. The van der Waals surface area contributed by atoms with Crippen molar-refractivity contribution >= 4 is 5.91 Å². The summed E-state index contributed by atoms with van der Waals surface area (Å²) in [5, 5.41) is 2.93. The van der Waals surface area contributed by atoms with Crippen molar-refractivity contribution in [1.29, 1.82) is 0 Å². The van der Waals surface area contributed by atoms with Crippen LogP contribution >= 0.6 is 0 Å². The van der Waals surface area contributed by atoms with E-state index in [9.17, 15) is 9.18 Å². The zero-order valence-electron chi connectivity index (χ0n) is 13.9. The fourth-order valence-corrected chi connectivity index (χ4v) is 2.86. The molecule has 126 valence electrons. The van der Waals surface area contributed by atoms with E-state index in [1.54, 1.807) is 12.1 Å². The summed E-state index contributed by atoms with van der Waals surface area (Å²) < 4.78 is 12.9. The third-order valence-corrected chi connectivity index (χ3v) is 4.20. The van der Waals surface area contributed by atoms with E-state index in [-0.39, 0.29) is 17.6 Å². The number of rotatable bonds is 6. The molecule has 1 N–H and O–H groups in total. The Morgan fingerprint density at radius 2 is 1.32 bits per heavy atom. The Hall–Kier alpha value is -2.94. The fourth-order valence-electron chi connectivity index (χ4n) is 2.86. The van der Waals surface area contributed by atoms with E-state index in [2.05, 4.69) is 5.32 Å². The van der Waals surface area contributed by atoms with E-state index in [4.69, 9.17) is 0 Å². The van der Waals surface area contributed by atoms with Gasteiger partial charge in [-0.1, -0.05) is 72.8 Å². The van der Waals surface area contributed by atoms with Crippen molar-refractivity contribution in [3.63, 3.8) is 0 Å². The highest BCUT2D eigenvalue weighted by Crippen LogP contribution is 2.27. The monoisotopic (exact) mass is 333 g/mol. The summed E-state index contributed by atoms with van der Waals surface area (Å²) >= 11 is 0. The van der Waals surface area contributed by atoms with Crippen LogP contribution in [0.15, 0.2) is 84.9 Å². The van der Waals surface area contributed by atoms with Crippen molar-refractivity contribution in [2.75, 3.05) is 0 Å². The lowest BCUT2D eigenvalue weighted by Crippen LogP contribution is -2.25. The molecule has 0 bridgehead atoms. The minimum Gasteiger partial charge on any atom is -0.352 e. The van der Waals surface area contributed by atoms with E-state index in [1.165, 1.54) is 12.1 Å². The predicted molar refractivity (Wildman–Crippen MR) is 97.6 cm³/mol. The number of hydrogen-bond acceptors (Lipinski definition) is 1. The van der Waals surface area contributed by atoms with Crippen LogP contribution in [0.1, 0.15) is 29.0 Å². The average molecular weight is 333 g/mol. The summed E-state index contributed by atoms with van der Waals surface area (Å²) in [6.45, 7) is 0.398. The molecule has 0 fully saturated rings.